The molecule has 1 heterocycles. The second kappa shape index (κ2) is 5.67. The Bertz CT molecular complexity index is 525. The average molecular weight is 259 g/mol. The molecule has 1 aromatic carbocycles. The van der Waals surface area contributed by atoms with Crippen LogP contribution in [0, 0.1) is 0 Å². The van der Waals surface area contributed by atoms with Gasteiger partial charge in [-0.3, -0.25) is 0 Å². The van der Waals surface area contributed by atoms with E-state index in [1.165, 1.54) is 0 Å². The fraction of sp³-hybridized carbons (Fsp3) is 0.286. The van der Waals surface area contributed by atoms with Gasteiger partial charge in [-0.1, -0.05) is 30.3 Å². The fourth-order valence-electron chi connectivity index (χ4n) is 2.19. The summed E-state index contributed by atoms with van der Waals surface area (Å²) in [7, 11) is 1.68. The molecule has 0 saturated carbocycles. The summed E-state index contributed by atoms with van der Waals surface area (Å²) >= 11 is 0. The van der Waals surface area contributed by atoms with Gasteiger partial charge in [-0.25, -0.2) is 9.78 Å². The van der Waals surface area contributed by atoms with Crippen LogP contribution < -0.4 is 5.32 Å². The predicted molar refractivity (Wildman–Crippen MR) is 71.7 cm³/mol. The third-order valence-electron chi connectivity index (χ3n) is 3.36. The maximum Gasteiger partial charge on any atom is 0.328 e. The van der Waals surface area contributed by atoms with Crippen molar-refractivity contribution in [3.8, 4) is 0 Å². The number of nitrogens with zero attached hydrogens (tertiary/aromatic N) is 2. The first-order valence-corrected chi connectivity index (χ1v) is 6.12. The van der Waals surface area contributed by atoms with E-state index in [4.69, 9.17) is 0 Å². The molecule has 0 saturated heterocycles. The van der Waals surface area contributed by atoms with Gasteiger partial charge in [0.15, 0.2) is 0 Å². The summed E-state index contributed by atoms with van der Waals surface area (Å²) in [6.45, 7) is 0.585. The summed E-state index contributed by atoms with van der Waals surface area (Å²) in [6, 6.07) is 9.24. The number of hydrogen-bond acceptors (Lipinski definition) is 3. The van der Waals surface area contributed by atoms with Crippen LogP contribution >= 0.6 is 0 Å². The number of aromatic nitrogens is 2. The highest BCUT2D eigenvalue weighted by Crippen LogP contribution is 2.26. The third-order valence-corrected chi connectivity index (χ3v) is 3.36. The lowest BCUT2D eigenvalue weighted by molar-refractivity contribution is -0.145. The van der Waals surface area contributed by atoms with E-state index in [1.54, 1.807) is 19.6 Å². The lowest BCUT2D eigenvalue weighted by Crippen LogP contribution is -2.48. The quantitative estimate of drug-likeness (QED) is 0.824. The Morgan fingerprint density at radius 1 is 1.42 bits per heavy atom. The highest BCUT2D eigenvalue weighted by Gasteiger charge is 2.38. The predicted octanol–water partition coefficient (Wildman–Crippen LogP) is 1.47. The first-order chi connectivity index (χ1) is 9.19. The number of benzene rings is 1. The fourth-order valence-corrected chi connectivity index (χ4v) is 2.19. The molecule has 2 rings (SSSR count). The van der Waals surface area contributed by atoms with E-state index in [1.807, 2.05) is 41.1 Å². The molecule has 0 bridgehead atoms. The standard InChI is InChI=1S/C14H17N3O2/c1-15-14(13(18)19,12-5-3-2-4-6-12)7-9-17-10-8-16-11-17/h2-6,8,10-11,15H,7,9H2,1H3,(H,18,19). The molecule has 1 aromatic heterocycles. The Hall–Kier alpha value is -2.14. The minimum Gasteiger partial charge on any atom is -0.480 e. The van der Waals surface area contributed by atoms with Gasteiger partial charge >= 0.3 is 5.97 Å². The monoisotopic (exact) mass is 259 g/mol. The maximum absolute atomic E-state index is 11.7. The number of carboxylic acids is 1. The molecule has 2 aromatic rings. The number of imidazole rings is 1. The highest BCUT2D eigenvalue weighted by atomic mass is 16.4. The number of aryl methyl sites for hydroxylation is 1. The summed E-state index contributed by atoms with van der Waals surface area (Å²) in [5, 5.41) is 12.6. The van der Waals surface area contributed by atoms with Crippen LogP contribution in [0.25, 0.3) is 0 Å². The molecule has 0 radical (unpaired) electrons. The van der Waals surface area contributed by atoms with E-state index in [2.05, 4.69) is 10.3 Å². The minimum absolute atomic E-state index is 0.444. The van der Waals surface area contributed by atoms with Crippen LogP contribution in [0.4, 0.5) is 0 Å². The smallest absolute Gasteiger partial charge is 0.328 e. The van der Waals surface area contributed by atoms with E-state index < -0.39 is 11.5 Å². The van der Waals surface area contributed by atoms with Crippen molar-refractivity contribution in [2.24, 2.45) is 0 Å². The van der Waals surface area contributed by atoms with Crippen molar-refractivity contribution < 1.29 is 9.90 Å². The van der Waals surface area contributed by atoms with Crippen molar-refractivity contribution in [2.75, 3.05) is 7.05 Å². The molecule has 100 valence electrons. The van der Waals surface area contributed by atoms with Crippen molar-refractivity contribution in [1.82, 2.24) is 14.9 Å². The largest absolute Gasteiger partial charge is 0.480 e. The van der Waals surface area contributed by atoms with Gasteiger partial charge in [-0.05, 0) is 19.0 Å². The Morgan fingerprint density at radius 2 is 2.16 bits per heavy atom. The van der Waals surface area contributed by atoms with Crippen molar-refractivity contribution in [2.45, 2.75) is 18.5 Å². The van der Waals surface area contributed by atoms with Gasteiger partial charge in [0.2, 0.25) is 0 Å². The van der Waals surface area contributed by atoms with Crippen LogP contribution in [-0.2, 0) is 16.9 Å². The lowest BCUT2D eigenvalue weighted by Gasteiger charge is -2.29. The third kappa shape index (κ3) is 2.66. The highest BCUT2D eigenvalue weighted by molar-refractivity contribution is 5.80. The first-order valence-electron chi connectivity index (χ1n) is 6.12. The molecule has 5 heteroatoms. The number of hydrogen-bond donors (Lipinski definition) is 2. The van der Waals surface area contributed by atoms with Gasteiger partial charge in [0.05, 0.1) is 6.33 Å². The molecular formula is C14H17N3O2. The van der Waals surface area contributed by atoms with Gasteiger partial charge in [0.1, 0.15) is 5.54 Å². The van der Waals surface area contributed by atoms with Crippen molar-refractivity contribution in [3.63, 3.8) is 0 Å². The Kier molecular flexibility index (Phi) is 3.97. The van der Waals surface area contributed by atoms with Gasteiger partial charge in [0.25, 0.3) is 0 Å². The number of aliphatic carboxylic acids is 1. The Labute approximate surface area is 111 Å². The van der Waals surface area contributed by atoms with Crippen LogP contribution in [0.5, 0.6) is 0 Å². The number of carboxylic acid groups (broad SMARTS) is 1. The van der Waals surface area contributed by atoms with Crippen LogP contribution in [0.15, 0.2) is 49.1 Å². The topological polar surface area (TPSA) is 67.2 Å². The van der Waals surface area contributed by atoms with E-state index in [-0.39, 0.29) is 0 Å². The maximum atomic E-state index is 11.7. The summed E-state index contributed by atoms with van der Waals surface area (Å²) in [5.41, 5.74) is -0.323. The molecule has 1 unspecified atom stereocenters. The molecule has 0 aliphatic rings. The van der Waals surface area contributed by atoms with Crippen molar-refractivity contribution >= 4 is 5.97 Å². The summed E-state index contributed by atoms with van der Waals surface area (Å²) in [6.07, 6.45) is 5.64. The van der Waals surface area contributed by atoms with Crippen molar-refractivity contribution in [3.05, 3.63) is 54.6 Å². The summed E-state index contributed by atoms with van der Waals surface area (Å²) in [4.78, 5) is 15.7. The van der Waals surface area contributed by atoms with Crippen LogP contribution in [0.2, 0.25) is 0 Å². The number of likely N-dealkylation sites (N-methyl/N-ethyl adjacent to an activating group) is 1. The molecule has 1 atom stereocenters. The van der Waals surface area contributed by atoms with Gasteiger partial charge < -0.3 is 15.0 Å². The zero-order chi connectivity index (χ0) is 13.7. The lowest BCUT2D eigenvalue weighted by atomic mass is 9.86. The van der Waals surface area contributed by atoms with Crippen LogP contribution in [0.1, 0.15) is 12.0 Å². The molecule has 0 spiro atoms. The minimum atomic E-state index is -1.08. The number of rotatable bonds is 6. The van der Waals surface area contributed by atoms with Crippen LogP contribution in [0.3, 0.4) is 0 Å². The van der Waals surface area contributed by atoms with Crippen LogP contribution in [-0.4, -0.2) is 27.7 Å². The molecule has 0 aliphatic heterocycles. The number of nitrogens with one attached hydrogen (secondary N) is 1. The average Bonchev–Trinajstić information content (AvgIpc) is 2.94. The van der Waals surface area contributed by atoms with Crippen molar-refractivity contribution in [1.29, 1.82) is 0 Å². The van der Waals surface area contributed by atoms with E-state index in [9.17, 15) is 9.90 Å². The Morgan fingerprint density at radius 3 is 2.68 bits per heavy atom. The molecule has 2 N–H and O–H groups in total. The normalized spacial score (nSPS) is 13.9. The van der Waals surface area contributed by atoms with E-state index >= 15 is 0 Å². The van der Waals surface area contributed by atoms with E-state index in [0.717, 1.165) is 5.56 Å². The second-order valence-electron chi connectivity index (χ2n) is 4.38. The Balaban J connectivity index is 2.27. The second-order valence-corrected chi connectivity index (χ2v) is 4.38. The van der Waals surface area contributed by atoms with E-state index in [0.29, 0.717) is 13.0 Å². The summed E-state index contributed by atoms with van der Waals surface area (Å²) < 4.78 is 1.87. The van der Waals surface area contributed by atoms with Gasteiger partial charge in [0, 0.05) is 18.9 Å². The SMILES string of the molecule is CNC(CCn1ccnc1)(C(=O)O)c1ccccc1. The summed E-state index contributed by atoms with van der Waals surface area (Å²) in [5.74, 6) is -0.874. The zero-order valence-corrected chi connectivity index (χ0v) is 10.8. The molecule has 0 fully saturated rings. The van der Waals surface area contributed by atoms with Gasteiger partial charge in [-0.15, -0.1) is 0 Å². The molecule has 0 amide bonds. The zero-order valence-electron chi connectivity index (χ0n) is 10.8. The molecular weight excluding hydrogens is 242 g/mol. The molecule has 5 nitrogen and oxygen atoms in total. The molecule has 0 aliphatic carbocycles. The first kappa shape index (κ1) is 13.3. The van der Waals surface area contributed by atoms with Gasteiger partial charge in [-0.2, -0.15) is 0 Å². The molecule has 19 heavy (non-hydrogen) atoms. The number of carbonyl (C=O) groups is 1.